The second-order valence-corrected chi connectivity index (χ2v) is 4.25. The number of nitrogens with zero attached hydrogens (tertiary/aromatic N) is 2. The highest BCUT2D eigenvalue weighted by Gasteiger charge is 2.13. The van der Waals surface area contributed by atoms with Crippen LogP contribution in [-0.4, -0.2) is 9.97 Å². The second-order valence-electron chi connectivity index (χ2n) is 3.89. The first kappa shape index (κ1) is 13.7. The van der Waals surface area contributed by atoms with Gasteiger partial charge in [0, 0.05) is 18.1 Å². The summed E-state index contributed by atoms with van der Waals surface area (Å²) < 4.78 is 31.9. The van der Waals surface area contributed by atoms with Crippen LogP contribution in [0.4, 0.5) is 8.78 Å². The molecule has 0 aliphatic carbocycles. The van der Waals surface area contributed by atoms with Crippen LogP contribution in [0.3, 0.4) is 0 Å². The van der Waals surface area contributed by atoms with Crippen LogP contribution in [-0.2, 0) is 6.42 Å². The molecule has 2 aromatic rings. The zero-order valence-electron chi connectivity index (χ0n) is 10.4. The van der Waals surface area contributed by atoms with Gasteiger partial charge in [-0.15, -0.1) is 0 Å². The van der Waals surface area contributed by atoms with E-state index in [0.717, 1.165) is 18.2 Å². The predicted molar refractivity (Wildman–Crippen MR) is 67.6 cm³/mol. The molecule has 0 amide bonds. The minimum absolute atomic E-state index is 0.126. The summed E-state index contributed by atoms with van der Waals surface area (Å²) >= 11 is 5.94. The number of ether oxygens (including phenoxy) is 1. The van der Waals surface area contributed by atoms with Crippen molar-refractivity contribution >= 4 is 11.6 Å². The standard InChI is InChI=1S/C13H11ClF2N2O/c1-3-11-17-12(14)7(2)13(18-11)19-10-6-8(15)4-5-9(10)16/h4-6H,3H2,1-2H3. The molecule has 0 aliphatic heterocycles. The summed E-state index contributed by atoms with van der Waals surface area (Å²) in [6.07, 6.45) is 0.558. The van der Waals surface area contributed by atoms with Crippen molar-refractivity contribution in [3.8, 4) is 11.6 Å². The number of halogens is 3. The van der Waals surface area contributed by atoms with E-state index in [-0.39, 0.29) is 16.8 Å². The van der Waals surface area contributed by atoms with E-state index in [1.165, 1.54) is 0 Å². The Morgan fingerprint density at radius 1 is 1.26 bits per heavy atom. The highest BCUT2D eigenvalue weighted by molar-refractivity contribution is 6.30. The van der Waals surface area contributed by atoms with Crippen molar-refractivity contribution < 1.29 is 13.5 Å². The average molecular weight is 285 g/mol. The van der Waals surface area contributed by atoms with E-state index in [0.29, 0.717) is 17.8 Å². The Morgan fingerprint density at radius 2 is 2.00 bits per heavy atom. The Morgan fingerprint density at radius 3 is 2.68 bits per heavy atom. The summed E-state index contributed by atoms with van der Waals surface area (Å²) in [6, 6.07) is 2.96. The van der Waals surface area contributed by atoms with E-state index in [1.807, 2.05) is 6.92 Å². The summed E-state index contributed by atoms with van der Waals surface area (Å²) in [7, 11) is 0. The van der Waals surface area contributed by atoms with Gasteiger partial charge >= 0.3 is 0 Å². The number of aryl methyl sites for hydroxylation is 1. The van der Waals surface area contributed by atoms with Crippen LogP contribution in [0.2, 0.25) is 5.15 Å². The molecule has 0 saturated carbocycles. The number of aromatic nitrogens is 2. The Bertz CT molecular complexity index is 620. The summed E-state index contributed by atoms with van der Waals surface area (Å²) in [6.45, 7) is 3.50. The first-order valence-electron chi connectivity index (χ1n) is 5.67. The van der Waals surface area contributed by atoms with Gasteiger partial charge in [-0.25, -0.2) is 13.8 Å². The molecule has 6 heteroatoms. The Balaban J connectivity index is 2.42. The topological polar surface area (TPSA) is 35.0 Å². The van der Waals surface area contributed by atoms with Gasteiger partial charge < -0.3 is 4.74 Å². The van der Waals surface area contributed by atoms with Gasteiger partial charge in [0.05, 0.1) is 0 Å². The maximum Gasteiger partial charge on any atom is 0.227 e. The third kappa shape index (κ3) is 2.98. The summed E-state index contributed by atoms with van der Waals surface area (Å²) in [5, 5.41) is 0.235. The molecule has 0 bridgehead atoms. The van der Waals surface area contributed by atoms with Crippen molar-refractivity contribution in [3.05, 3.63) is 46.4 Å². The molecule has 0 saturated heterocycles. The molecule has 2 rings (SSSR count). The SMILES string of the molecule is CCc1nc(Cl)c(C)c(Oc2cc(F)ccc2F)n1. The van der Waals surface area contributed by atoms with E-state index in [4.69, 9.17) is 16.3 Å². The van der Waals surface area contributed by atoms with Crippen LogP contribution in [0.25, 0.3) is 0 Å². The molecule has 1 aromatic carbocycles. The quantitative estimate of drug-likeness (QED) is 0.797. The zero-order valence-corrected chi connectivity index (χ0v) is 11.1. The van der Waals surface area contributed by atoms with Crippen LogP contribution in [0.1, 0.15) is 18.3 Å². The highest BCUT2D eigenvalue weighted by atomic mass is 35.5. The number of benzene rings is 1. The molecule has 1 aromatic heterocycles. The monoisotopic (exact) mass is 284 g/mol. The van der Waals surface area contributed by atoms with E-state index < -0.39 is 11.6 Å². The van der Waals surface area contributed by atoms with E-state index in [9.17, 15) is 8.78 Å². The second kappa shape index (κ2) is 5.48. The maximum absolute atomic E-state index is 13.5. The normalized spacial score (nSPS) is 10.6. The van der Waals surface area contributed by atoms with E-state index in [2.05, 4.69) is 9.97 Å². The number of hydrogen-bond donors (Lipinski definition) is 0. The summed E-state index contributed by atoms with van der Waals surface area (Å²) in [5.41, 5.74) is 0.475. The third-order valence-electron chi connectivity index (χ3n) is 2.50. The van der Waals surface area contributed by atoms with Gasteiger partial charge in [-0.3, -0.25) is 0 Å². The highest BCUT2D eigenvalue weighted by Crippen LogP contribution is 2.29. The predicted octanol–water partition coefficient (Wildman–Crippen LogP) is 4.07. The van der Waals surface area contributed by atoms with Gasteiger partial charge in [-0.1, -0.05) is 18.5 Å². The Labute approximate surface area is 114 Å². The minimum atomic E-state index is -0.673. The molecule has 0 N–H and O–H groups in total. The van der Waals surface area contributed by atoms with Crippen molar-refractivity contribution in [1.29, 1.82) is 0 Å². The van der Waals surface area contributed by atoms with Crippen LogP contribution in [0.15, 0.2) is 18.2 Å². The minimum Gasteiger partial charge on any atom is -0.435 e. The molecule has 1 heterocycles. The fourth-order valence-corrected chi connectivity index (χ4v) is 1.61. The molecule has 0 radical (unpaired) electrons. The lowest BCUT2D eigenvalue weighted by molar-refractivity contribution is 0.417. The molecule has 0 aliphatic rings. The fourth-order valence-electron chi connectivity index (χ4n) is 1.43. The average Bonchev–Trinajstić information content (AvgIpc) is 2.38. The molecule has 3 nitrogen and oxygen atoms in total. The van der Waals surface area contributed by atoms with Crippen molar-refractivity contribution in [2.75, 3.05) is 0 Å². The van der Waals surface area contributed by atoms with Gasteiger partial charge in [0.25, 0.3) is 0 Å². The molecule has 0 atom stereocenters. The van der Waals surface area contributed by atoms with Crippen LogP contribution in [0.5, 0.6) is 11.6 Å². The van der Waals surface area contributed by atoms with E-state index in [1.54, 1.807) is 6.92 Å². The van der Waals surface area contributed by atoms with Gasteiger partial charge in [-0.2, -0.15) is 4.98 Å². The van der Waals surface area contributed by atoms with Crippen LogP contribution < -0.4 is 4.74 Å². The lowest BCUT2D eigenvalue weighted by atomic mass is 10.3. The van der Waals surface area contributed by atoms with Crippen molar-refractivity contribution in [2.24, 2.45) is 0 Å². The summed E-state index contributed by atoms with van der Waals surface area (Å²) in [5.74, 6) is -0.901. The molecule has 0 spiro atoms. The largest absolute Gasteiger partial charge is 0.435 e. The first-order chi connectivity index (χ1) is 9.01. The summed E-state index contributed by atoms with van der Waals surface area (Å²) in [4.78, 5) is 8.15. The van der Waals surface area contributed by atoms with Gasteiger partial charge in [0.15, 0.2) is 11.6 Å². The lowest BCUT2D eigenvalue weighted by Gasteiger charge is -2.10. The third-order valence-corrected chi connectivity index (χ3v) is 2.87. The first-order valence-corrected chi connectivity index (χ1v) is 6.05. The van der Waals surface area contributed by atoms with Crippen molar-refractivity contribution in [2.45, 2.75) is 20.3 Å². The molecule has 0 unspecified atom stereocenters. The van der Waals surface area contributed by atoms with E-state index >= 15 is 0 Å². The van der Waals surface area contributed by atoms with Crippen molar-refractivity contribution in [1.82, 2.24) is 9.97 Å². The zero-order chi connectivity index (χ0) is 14.0. The molecular weight excluding hydrogens is 274 g/mol. The van der Waals surface area contributed by atoms with Gasteiger partial charge in [0.2, 0.25) is 5.88 Å². The van der Waals surface area contributed by atoms with Gasteiger partial charge in [0.1, 0.15) is 16.8 Å². The van der Waals surface area contributed by atoms with Crippen molar-refractivity contribution in [3.63, 3.8) is 0 Å². The smallest absolute Gasteiger partial charge is 0.227 e. The fraction of sp³-hybridized carbons (Fsp3) is 0.231. The Kier molecular flexibility index (Phi) is 3.95. The van der Waals surface area contributed by atoms with Crippen LogP contribution in [0, 0.1) is 18.6 Å². The van der Waals surface area contributed by atoms with Gasteiger partial charge in [-0.05, 0) is 19.1 Å². The maximum atomic E-state index is 13.5. The number of rotatable bonds is 3. The number of hydrogen-bond acceptors (Lipinski definition) is 3. The Hall–Kier alpha value is -1.75. The molecular formula is C13H11ClF2N2O. The van der Waals surface area contributed by atoms with Crippen LogP contribution >= 0.6 is 11.6 Å². The molecule has 19 heavy (non-hydrogen) atoms. The molecule has 0 fully saturated rings. The molecule has 100 valence electrons. The lowest BCUT2D eigenvalue weighted by Crippen LogP contribution is -2.01.